The maximum absolute atomic E-state index is 12.2. The van der Waals surface area contributed by atoms with E-state index in [4.69, 9.17) is 9.47 Å². The lowest BCUT2D eigenvalue weighted by Crippen LogP contribution is -2.47. The van der Waals surface area contributed by atoms with Crippen molar-refractivity contribution in [2.75, 3.05) is 40.4 Å². The Balaban J connectivity index is 1.80. The van der Waals surface area contributed by atoms with E-state index in [2.05, 4.69) is 17.0 Å². The van der Waals surface area contributed by atoms with Crippen LogP contribution in [-0.4, -0.2) is 62.1 Å². The minimum atomic E-state index is -0.389. The third-order valence-corrected chi connectivity index (χ3v) is 5.09. The van der Waals surface area contributed by atoms with Gasteiger partial charge in [0.2, 0.25) is 5.91 Å². The number of carbonyl (C=O) groups excluding carboxylic acids is 2. The second-order valence-electron chi connectivity index (χ2n) is 6.89. The van der Waals surface area contributed by atoms with Crippen LogP contribution in [0.1, 0.15) is 22.8 Å². The van der Waals surface area contributed by atoms with Gasteiger partial charge in [-0.1, -0.05) is 18.2 Å². The summed E-state index contributed by atoms with van der Waals surface area (Å²) in [6.07, 6.45) is 0. The Labute approximate surface area is 165 Å². The molecule has 0 saturated carbocycles. The van der Waals surface area contributed by atoms with Gasteiger partial charge < -0.3 is 14.4 Å². The number of methoxy groups -OCH3 is 2. The average molecular weight is 382 g/mol. The molecular formula is C22H26N2O4. The number of hydrogen-bond donors (Lipinski definition) is 0. The highest BCUT2D eigenvalue weighted by molar-refractivity contribution is 5.97. The van der Waals surface area contributed by atoms with E-state index in [1.807, 2.05) is 29.2 Å². The fourth-order valence-corrected chi connectivity index (χ4v) is 3.50. The van der Waals surface area contributed by atoms with Crippen molar-refractivity contribution in [2.24, 2.45) is 0 Å². The fraction of sp³-hybridized carbons (Fsp3) is 0.364. The van der Waals surface area contributed by atoms with E-state index in [1.54, 1.807) is 20.1 Å². The van der Waals surface area contributed by atoms with E-state index in [9.17, 15) is 9.59 Å². The van der Waals surface area contributed by atoms with Crippen LogP contribution in [0.3, 0.4) is 0 Å². The molecule has 2 aromatic carbocycles. The molecule has 1 heterocycles. The number of piperazine rings is 1. The van der Waals surface area contributed by atoms with Gasteiger partial charge in [0.1, 0.15) is 5.75 Å². The van der Waals surface area contributed by atoms with Crippen molar-refractivity contribution >= 4 is 11.9 Å². The molecule has 0 spiro atoms. The van der Waals surface area contributed by atoms with Gasteiger partial charge in [-0.15, -0.1) is 0 Å². The van der Waals surface area contributed by atoms with Gasteiger partial charge in [0.05, 0.1) is 19.8 Å². The Morgan fingerprint density at radius 3 is 2.39 bits per heavy atom. The molecule has 1 amide bonds. The van der Waals surface area contributed by atoms with Crippen LogP contribution in [0.5, 0.6) is 5.75 Å². The molecule has 2 aromatic rings. The van der Waals surface area contributed by atoms with E-state index in [-0.39, 0.29) is 11.9 Å². The van der Waals surface area contributed by atoms with Crippen LogP contribution in [0.4, 0.5) is 0 Å². The maximum atomic E-state index is 12.2. The Bertz CT molecular complexity index is 857. The summed E-state index contributed by atoms with van der Waals surface area (Å²) in [6.45, 7) is 5.68. The SMILES string of the molecule is COC(=O)c1cc(OC)ccc1-c1cccc(CN2CCN(C(C)=O)CC2)c1. The molecule has 3 rings (SSSR count). The fourth-order valence-electron chi connectivity index (χ4n) is 3.50. The summed E-state index contributed by atoms with van der Waals surface area (Å²) in [5.74, 6) is 0.361. The summed E-state index contributed by atoms with van der Waals surface area (Å²) < 4.78 is 10.2. The summed E-state index contributed by atoms with van der Waals surface area (Å²) in [5, 5.41) is 0. The minimum absolute atomic E-state index is 0.136. The molecule has 0 bridgehead atoms. The highest BCUT2D eigenvalue weighted by Gasteiger charge is 2.19. The molecule has 0 aromatic heterocycles. The zero-order chi connectivity index (χ0) is 20.1. The molecule has 0 unspecified atom stereocenters. The van der Waals surface area contributed by atoms with Gasteiger partial charge in [-0.25, -0.2) is 4.79 Å². The quantitative estimate of drug-likeness (QED) is 0.745. The Kier molecular flexibility index (Phi) is 6.31. The maximum Gasteiger partial charge on any atom is 0.338 e. The number of carbonyl (C=O) groups is 2. The summed E-state index contributed by atoms with van der Waals surface area (Å²) in [7, 11) is 2.95. The van der Waals surface area contributed by atoms with E-state index in [0.29, 0.717) is 11.3 Å². The summed E-state index contributed by atoms with van der Waals surface area (Å²) in [4.78, 5) is 28.0. The predicted molar refractivity (Wildman–Crippen MR) is 107 cm³/mol. The first kappa shape index (κ1) is 19.9. The van der Waals surface area contributed by atoms with Gasteiger partial charge in [0.15, 0.2) is 0 Å². The number of benzene rings is 2. The van der Waals surface area contributed by atoms with Gasteiger partial charge in [0, 0.05) is 39.6 Å². The molecule has 1 fully saturated rings. The molecule has 6 heteroatoms. The normalized spacial score (nSPS) is 14.6. The van der Waals surface area contributed by atoms with Gasteiger partial charge >= 0.3 is 5.97 Å². The monoisotopic (exact) mass is 382 g/mol. The molecule has 6 nitrogen and oxygen atoms in total. The molecule has 0 atom stereocenters. The van der Waals surface area contributed by atoms with E-state index in [1.165, 1.54) is 12.7 Å². The number of esters is 1. The van der Waals surface area contributed by atoms with Crippen molar-refractivity contribution in [3.63, 3.8) is 0 Å². The van der Waals surface area contributed by atoms with Crippen molar-refractivity contribution in [2.45, 2.75) is 13.5 Å². The third-order valence-electron chi connectivity index (χ3n) is 5.09. The molecule has 1 aliphatic heterocycles. The molecule has 0 radical (unpaired) electrons. The summed E-state index contributed by atoms with van der Waals surface area (Å²) >= 11 is 0. The lowest BCUT2D eigenvalue weighted by molar-refractivity contribution is -0.130. The van der Waals surface area contributed by atoms with Crippen molar-refractivity contribution in [1.82, 2.24) is 9.80 Å². The zero-order valence-electron chi connectivity index (χ0n) is 16.6. The highest BCUT2D eigenvalue weighted by atomic mass is 16.5. The first-order chi connectivity index (χ1) is 13.5. The lowest BCUT2D eigenvalue weighted by Gasteiger charge is -2.34. The average Bonchev–Trinajstić information content (AvgIpc) is 2.73. The summed E-state index contributed by atoms with van der Waals surface area (Å²) in [5.41, 5.74) is 3.42. The molecular weight excluding hydrogens is 356 g/mol. The molecule has 0 N–H and O–H groups in total. The van der Waals surface area contributed by atoms with Crippen LogP contribution in [-0.2, 0) is 16.1 Å². The molecule has 148 valence electrons. The van der Waals surface area contributed by atoms with Crippen LogP contribution < -0.4 is 4.74 Å². The van der Waals surface area contributed by atoms with Gasteiger partial charge in [-0.3, -0.25) is 9.69 Å². The van der Waals surface area contributed by atoms with Gasteiger partial charge in [0.25, 0.3) is 0 Å². The smallest absolute Gasteiger partial charge is 0.338 e. The molecule has 28 heavy (non-hydrogen) atoms. The molecule has 1 saturated heterocycles. The zero-order valence-corrected chi connectivity index (χ0v) is 16.6. The van der Waals surface area contributed by atoms with E-state index in [0.717, 1.165) is 43.9 Å². The second kappa shape index (κ2) is 8.89. The van der Waals surface area contributed by atoms with Crippen molar-refractivity contribution in [3.8, 4) is 16.9 Å². The van der Waals surface area contributed by atoms with Crippen molar-refractivity contribution < 1.29 is 19.1 Å². The van der Waals surface area contributed by atoms with Gasteiger partial charge in [-0.2, -0.15) is 0 Å². The number of hydrogen-bond acceptors (Lipinski definition) is 5. The number of nitrogens with zero attached hydrogens (tertiary/aromatic N) is 2. The Morgan fingerprint density at radius 2 is 1.75 bits per heavy atom. The second-order valence-corrected chi connectivity index (χ2v) is 6.89. The Morgan fingerprint density at radius 1 is 1.00 bits per heavy atom. The number of ether oxygens (including phenoxy) is 2. The molecule has 0 aliphatic carbocycles. The molecule has 1 aliphatic rings. The lowest BCUT2D eigenvalue weighted by atomic mass is 9.97. The van der Waals surface area contributed by atoms with Crippen LogP contribution in [0, 0.1) is 0 Å². The van der Waals surface area contributed by atoms with Crippen LogP contribution in [0.25, 0.3) is 11.1 Å². The number of rotatable bonds is 5. The van der Waals surface area contributed by atoms with Crippen molar-refractivity contribution in [1.29, 1.82) is 0 Å². The largest absolute Gasteiger partial charge is 0.497 e. The number of amides is 1. The Hall–Kier alpha value is -2.86. The first-order valence-corrected chi connectivity index (χ1v) is 9.35. The van der Waals surface area contributed by atoms with Crippen LogP contribution in [0.2, 0.25) is 0 Å². The topological polar surface area (TPSA) is 59.1 Å². The standard InChI is InChI=1S/C22H26N2O4/c1-16(25)24-11-9-23(10-12-24)15-17-5-4-6-18(13-17)20-8-7-19(27-2)14-21(20)22(26)28-3/h4-8,13-14H,9-12,15H2,1-3H3. The summed E-state index contributed by atoms with van der Waals surface area (Å²) in [6, 6.07) is 13.6. The van der Waals surface area contributed by atoms with Crippen molar-refractivity contribution in [3.05, 3.63) is 53.6 Å². The predicted octanol–water partition coefficient (Wildman–Crippen LogP) is 2.81. The van der Waals surface area contributed by atoms with Crippen LogP contribution in [0.15, 0.2) is 42.5 Å². The third kappa shape index (κ3) is 4.51. The van der Waals surface area contributed by atoms with E-state index >= 15 is 0 Å². The van der Waals surface area contributed by atoms with E-state index < -0.39 is 0 Å². The van der Waals surface area contributed by atoms with Crippen LogP contribution >= 0.6 is 0 Å². The minimum Gasteiger partial charge on any atom is -0.497 e. The van der Waals surface area contributed by atoms with Gasteiger partial charge in [-0.05, 0) is 41.0 Å². The first-order valence-electron chi connectivity index (χ1n) is 9.35. The highest BCUT2D eigenvalue weighted by Crippen LogP contribution is 2.29.